The number of carboxylic acids is 1. The van der Waals surface area contributed by atoms with Gasteiger partial charge in [0, 0.05) is 10.9 Å². The molecule has 0 aliphatic heterocycles. The van der Waals surface area contributed by atoms with Gasteiger partial charge in [-0.05, 0) is 25.3 Å². The molecule has 0 aliphatic rings. The van der Waals surface area contributed by atoms with Gasteiger partial charge in [-0.3, -0.25) is 0 Å². The molecule has 0 spiro atoms. The second kappa shape index (κ2) is 4.02. The maximum absolute atomic E-state index is 11.0. The van der Waals surface area contributed by atoms with Gasteiger partial charge in [0.15, 0.2) is 5.82 Å². The fourth-order valence-electron chi connectivity index (χ4n) is 1.55. The largest absolute Gasteiger partial charge is 0.478 e. The zero-order valence-corrected chi connectivity index (χ0v) is 9.71. The number of carbonyl (C=O) groups is 1. The van der Waals surface area contributed by atoms with Crippen molar-refractivity contribution in [2.75, 3.05) is 0 Å². The summed E-state index contributed by atoms with van der Waals surface area (Å²) >= 11 is 1.56. The van der Waals surface area contributed by atoms with E-state index in [-0.39, 0.29) is 5.56 Å². The molecule has 2 heterocycles. The van der Waals surface area contributed by atoms with Crippen molar-refractivity contribution < 1.29 is 9.90 Å². The van der Waals surface area contributed by atoms with Gasteiger partial charge < -0.3 is 5.11 Å². The van der Waals surface area contributed by atoms with Gasteiger partial charge in [-0.15, -0.1) is 0 Å². The average Bonchev–Trinajstić information content (AvgIpc) is 2.67. The van der Waals surface area contributed by atoms with Gasteiger partial charge in [-0.1, -0.05) is 0 Å². The van der Waals surface area contributed by atoms with Crippen LogP contribution in [-0.4, -0.2) is 21.0 Å². The predicted molar refractivity (Wildman–Crippen MR) is 61.8 cm³/mol. The van der Waals surface area contributed by atoms with Crippen LogP contribution in [0.4, 0.5) is 0 Å². The van der Waals surface area contributed by atoms with Crippen molar-refractivity contribution >= 4 is 17.3 Å². The molecule has 4 nitrogen and oxygen atoms in total. The minimum Gasteiger partial charge on any atom is -0.478 e. The molecule has 0 amide bonds. The first-order chi connectivity index (χ1) is 7.59. The highest BCUT2D eigenvalue weighted by molar-refractivity contribution is 7.08. The number of rotatable bonds is 2. The number of aryl methyl sites for hydroxylation is 2. The van der Waals surface area contributed by atoms with Crippen LogP contribution in [0.25, 0.3) is 11.4 Å². The maximum Gasteiger partial charge on any atom is 0.339 e. The average molecular weight is 234 g/mol. The van der Waals surface area contributed by atoms with Crippen LogP contribution in [-0.2, 0) is 0 Å². The number of carboxylic acid groups (broad SMARTS) is 1. The fourth-order valence-corrected chi connectivity index (χ4v) is 2.18. The lowest BCUT2D eigenvalue weighted by atomic mass is 10.1. The zero-order valence-electron chi connectivity index (χ0n) is 8.89. The number of aromatic carboxylic acids is 1. The molecule has 5 heteroatoms. The molecule has 0 fully saturated rings. The van der Waals surface area contributed by atoms with E-state index in [2.05, 4.69) is 9.97 Å². The SMILES string of the molecule is Cc1nc(-c2ccsc2)nc(C)c1C(=O)O. The maximum atomic E-state index is 11.0. The smallest absolute Gasteiger partial charge is 0.339 e. The number of thiophene rings is 1. The number of hydrogen-bond acceptors (Lipinski definition) is 4. The Hall–Kier alpha value is -1.75. The third kappa shape index (κ3) is 1.81. The summed E-state index contributed by atoms with van der Waals surface area (Å²) in [7, 11) is 0. The van der Waals surface area contributed by atoms with Crippen molar-refractivity contribution in [3.63, 3.8) is 0 Å². The fraction of sp³-hybridized carbons (Fsp3) is 0.182. The minimum atomic E-state index is -0.980. The molecule has 0 bridgehead atoms. The summed E-state index contributed by atoms with van der Waals surface area (Å²) in [4.78, 5) is 19.4. The highest BCUT2D eigenvalue weighted by Crippen LogP contribution is 2.20. The van der Waals surface area contributed by atoms with Crippen molar-refractivity contribution in [2.45, 2.75) is 13.8 Å². The van der Waals surface area contributed by atoms with Gasteiger partial charge in [0.05, 0.1) is 11.4 Å². The molecule has 2 rings (SSSR count). The Balaban J connectivity index is 2.58. The van der Waals surface area contributed by atoms with E-state index in [0.717, 1.165) is 5.56 Å². The van der Waals surface area contributed by atoms with Crippen LogP contribution < -0.4 is 0 Å². The summed E-state index contributed by atoms with van der Waals surface area (Å²) in [5, 5.41) is 12.9. The molecule has 0 saturated carbocycles. The molecule has 16 heavy (non-hydrogen) atoms. The Labute approximate surface area is 96.6 Å². The van der Waals surface area contributed by atoms with Gasteiger partial charge in [0.25, 0.3) is 0 Å². The Kier molecular flexibility index (Phi) is 2.70. The lowest BCUT2D eigenvalue weighted by Gasteiger charge is -2.06. The molecule has 2 aromatic heterocycles. The van der Waals surface area contributed by atoms with E-state index in [4.69, 9.17) is 5.11 Å². The highest BCUT2D eigenvalue weighted by atomic mass is 32.1. The van der Waals surface area contributed by atoms with E-state index in [1.165, 1.54) is 0 Å². The molecule has 82 valence electrons. The molecule has 0 unspecified atom stereocenters. The van der Waals surface area contributed by atoms with Gasteiger partial charge >= 0.3 is 5.97 Å². The summed E-state index contributed by atoms with van der Waals surface area (Å²) in [5.74, 6) is -0.395. The van der Waals surface area contributed by atoms with Crippen molar-refractivity contribution in [3.8, 4) is 11.4 Å². The van der Waals surface area contributed by atoms with Crippen LogP contribution in [0.5, 0.6) is 0 Å². The molecule has 0 atom stereocenters. The van der Waals surface area contributed by atoms with Crippen LogP contribution in [0.15, 0.2) is 16.8 Å². The molecule has 0 radical (unpaired) electrons. The standard InChI is InChI=1S/C11H10N2O2S/c1-6-9(11(14)15)7(2)13-10(12-6)8-3-4-16-5-8/h3-5H,1-2H3,(H,14,15). The second-order valence-electron chi connectivity index (χ2n) is 3.41. The first kappa shape index (κ1) is 10.8. The normalized spacial score (nSPS) is 10.4. The van der Waals surface area contributed by atoms with Gasteiger partial charge in [0.2, 0.25) is 0 Å². The van der Waals surface area contributed by atoms with Crippen molar-refractivity contribution in [1.29, 1.82) is 0 Å². The van der Waals surface area contributed by atoms with Crippen LogP contribution in [0.2, 0.25) is 0 Å². The highest BCUT2D eigenvalue weighted by Gasteiger charge is 2.15. The van der Waals surface area contributed by atoms with Gasteiger partial charge in [-0.2, -0.15) is 11.3 Å². The third-order valence-corrected chi connectivity index (χ3v) is 2.95. The molecular weight excluding hydrogens is 224 g/mol. The third-order valence-electron chi connectivity index (χ3n) is 2.26. The molecule has 0 saturated heterocycles. The zero-order chi connectivity index (χ0) is 11.7. The Morgan fingerprint density at radius 1 is 1.31 bits per heavy atom. The van der Waals surface area contributed by atoms with Crippen molar-refractivity contribution in [3.05, 3.63) is 33.8 Å². The Bertz CT molecular complexity index is 512. The molecule has 0 aliphatic carbocycles. The summed E-state index contributed by atoms with van der Waals surface area (Å²) in [6.45, 7) is 3.38. The topological polar surface area (TPSA) is 63.1 Å². The molecular formula is C11H10N2O2S. The van der Waals surface area contributed by atoms with E-state index in [1.807, 2.05) is 16.8 Å². The van der Waals surface area contributed by atoms with Crippen molar-refractivity contribution in [2.24, 2.45) is 0 Å². The van der Waals surface area contributed by atoms with E-state index in [1.54, 1.807) is 25.2 Å². The van der Waals surface area contributed by atoms with E-state index in [0.29, 0.717) is 17.2 Å². The van der Waals surface area contributed by atoms with Crippen LogP contribution in [0.1, 0.15) is 21.7 Å². The summed E-state index contributed by atoms with van der Waals surface area (Å²) < 4.78 is 0. The second-order valence-corrected chi connectivity index (χ2v) is 4.19. The molecule has 2 aromatic rings. The number of nitrogens with zero attached hydrogens (tertiary/aromatic N) is 2. The van der Waals surface area contributed by atoms with Gasteiger partial charge in [0.1, 0.15) is 5.56 Å². The summed E-state index contributed by atoms with van der Waals surface area (Å²) in [6.07, 6.45) is 0. The van der Waals surface area contributed by atoms with Crippen LogP contribution >= 0.6 is 11.3 Å². The minimum absolute atomic E-state index is 0.193. The van der Waals surface area contributed by atoms with E-state index < -0.39 is 5.97 Å². The van der Waals surface area contributed by atoms with E-state index in [9.17, 15) is 4.79 Å². The number of aromatic nitrogens is 2. The summed E-state index contributed by atoms with van der Waals surface area (Å²) in [5.41, 5.74) is 2.12. The molecule has 1 N–H and O–H groups in total. The summed E-state index contributed by atoms with van der Waals surface area (Å²) in [6, 6.07) is 1.92. The lowest BCUT2D eigenvalue weighted by molar-refractivity contribution is 0.0694. The Morgan fingerprint density at radius 3 is 2.38 bits per heavy atom. The monoisotopic (exact) mass is 234 g/mol. The van der Waals surface area contributed by atoms with Crippen LogP contribution in [0, 0.1) is 13.8 Å². The first-order valence-corrected chi connectivity index (χ1v) is 5.65. The lowest BCUT2D eigenvalue weighted by Crippen LogP contribution is -2.08. The quantitative estimate of drug-likeness (QED) is 0.867. The van der Waals surface area contributed by atoms with Crippen molar-refractivity contribution in [1.82, 2.24) is 9.97 Å². The van der Waals surface area contributed by atoms with Crippen LogP contribution in [0.3, 0.4) is 0 Å². The van der Waals surface area contributed by atoms with Gasteiger partial charge in [-0.25, -0.2) is 14.8 Å². The predicted octanol–water partition coefficient (Wildman–Crippen LogP) is 2.52. The number of hydrogen-bond donors (Lipinski definition) is 1. The molecule has 0 aromatic carbocycles. The first-order valence-electron chi connectivity index (χ1n) is 4.70. The Morgan fingerprint density at radius 2 is 1.94 bits per heavy atom. The van der Waals surface area contributed by atoms with E-state index >= 15 is 0 Å².